The molecule has 0 spiro atoms. The van der Waals surface area contributed by atoms with Gasteiger partial charge in [0.1, 0.15) is 0 Å². The fraction of sp³-hybridized carbons (Fsp3) is 0.500. The van der Waals surface area contributed by atoms with Crippen molar-refractivity contribution < 1.29 is 18.6 Å². The second-order valence-electron chi connectivity index (χ2n) is 16.3. The number of hydrogen-bond acceptors (Lipinski definition) is 6. The van der Waals surface area contributed by atoms with Crippen molar-refractivity contribution in [2.24, 2.45) is 0 Å². The first kappa shape index (κ1) is 29.5. The Morgan fingerprint density at radius 3 is 1.09 bits per heavy atom. The van der Waals surface area contributed by atoms with E-state index >= 15 is 0 Å². The van der Waals surface area contributed by atoms with Gasteiger partial charge in [0, 0.05) is 41.3 Å². The molecule has 8 heteroatoms. The number of rotatable bonds is 2. The highest BCUT2D eigenvalue weighted by molar-refractivity contribution is 7.26. The lowest BCUT2D eigenvalue weighted by Gasteiger charge is -2.38. The van der Waals surface area contributed by atoms with Crippen LogP contribution < -0.4 is 9.55 Å². The molecule has 4 nitrogen and oxygen atoms in total. The molecule has 2 fully saturated rings. The van der Waals surface area contributed by atoms with E-state index in [1.54, 1.807) is 0 Å². The standard InChI is InChI=1S/C36H42B2O4S2/c1-31(2)21-15-13-20-28-22(32(3,4)24-18-26(44-30(20)24)38-41-35(9,10)36(11,12)42-38)16-14-19(27(21)28)29-23(31)17-25(43-29)37-39-33(5,6)34(7,8)40-37/h13-18H,1-12H3. The van der Waals surface area contributed by atoms with Crippen LogP contribution >= 0.6 is 22.7 Å². The van der Waals surface area contributed by atoms with E-state index in [9.17, 15) is 0 Å². The molecular weight excluding hydrogens is 582 g/mol. The average Bonchev–Trinajstić information content (AvgIpc) is 3.64. The second-order valence-corrected chi connectivity index (χ2v) is 18.4. The van der Waals surface area contributed by atoms with Crippen LogP contribution in [0, 0.1) is 0 Å². The van der Waals surface area contributed by atoms with Crippen molar-refractivity contribution in [3.8, 4) is 20.9 Å². The van der Waals surface area contributed by atoms with E-state index in [2.05, 4.69) is 119 Å². The average molecular weight is 624 g/mol. The van der Waals surface area contributed by atoms with Crippen LogP contribution in [0.2, 0.25) is 0 Å². The van der Waals surface area contributed by atoms with Gasteiger partial charge in [0.15, 0.2) is 0 Å². The van der Waals surface area contributed by atoms with Gasteiger partial charge in [-0.1, -0.05) is 52.0 Å². The fourth-order valence-electron chi connectivity index (χ4n) is 7.51. The van der Waals surface area contributed by atoms with E-state index < -0.39 is 0 Å². The smallest absolute Gasteiger partial charge is 0.399 e. The first-order valence-corrected chi connectivity index (χ1v) is 17.5. The first-order chi connectivity index (χ1) is 20.3. The largest absolute Gasteiger partial charge is 0.505 e. The third-order valence-electron chi connectivity index (χ3n) is 11.8. The van der Waals surface area contributed by atoms with Crippen LogP contribution in [-0.2, 0) is 29.4 Å². The highest BCUT2D eigenvalue weighted by Crippen LogP contribution is 2.57. The van der Waals surface area contributed by atoms with Gasteiger partial charge < -0.3 is 18.6 Å². The summed E-state index contributed by atoms with van der Waals surface area (Å²) in [6, 6.07) is 14.2. The Balaban J connectivity index is 1.31. The lowest BCUT2D eigenvalue weighted by Crippen LogP contribution is -2.41. The molecule has 2 aliphatic heterocycles. The van der Waals surface area contributed by atoms with Gasteiger partial charge in [-0.3, -0.25) is 0 Å². The van der Waals surface area contributed by atoms with Crippen LogP contribution in [0.4, 0.5) is 0 Å². The maximum atomic E-state index is 6.52. The van der Waals surface area contributed by atoms with Gasteiger partial charge in [0.25, 0.3) is 0 Å². The minimum atomic E-state index is -0.371. The molecule has 4 aromatic rings. The van der Waals surface area contributed by atoms with Crippen molar-refractivity contribution in [2.45, 2.75) is 116 Å². The normalized spacial score (nSPS) is 24.1. The summed E-state index contributed by atoms with van der Waals surface area (Å²) in [5.74, 6) is 0. The highest BCUT2D eigenvalue weighted by atomic mass is 32.1. The molecule has 2 aromatic heterocycles. The molecule has 44 heavy (non-hydrogen) atoms. The predicted octanol–water partition coefficient (Wildman–Crippen LogP) is 8.17. The highest BCUT2D eigenvalue weighted by Gasteiger charge is 2.54. The van der Waals surface area contributed by atoms with Crippen LogP contribution in [0.25, 0.3) is 31.7 Å². The Labute approximate surface area is 270 Å². The fourth-order valence-corrected chi connectivity index (χ4v) is 10.1. The summed E-state index contributed by atoms with van der Waals surface area (Å²) in [6.45, 7) is 26.5. The quantitative estimate of drug-likeness (QED) is 0.211. The summed E-state index contributed by atoms with van der Waals surface area (Å²) < 4.78 is 28.4. The zero-order valence-corrected chi connectivity index (χ0v) is 29.7. The molecule has 0 radical (unpaired) electrons. The molecule has 0 unspecified atom stereocenters. The summed E-state index contributed by atoms with van der Waals surface area (Å²) in [5, 5.41) is 2.79. The third-order valence-corrected chi connectivity index (χ3v) is 14.2. The number of benzene rings is 2. The van der Waals surface area contributed by atoms with Gasteiger partial charge in [-0.2, -0.15) is 0 Å². The molecule has 8 rings (SSSR count). The van der Waals surface area contributed by atoms with Crippen LogP contribution in [0.1, 0.15) is 105 Å². The zero-order chi connectivity index (χ0) is 31.6. The summed E-state index contributed by atoms with van der Waals surface area (Å²) in [6.07, 6.45) is 0. The van der Waals surface area contributed by atoms with Crippen LogP contribution in [0.3, 0.4) is 0 Å². The molecule has 228 valence electrons. The Morgan fingerprint density at radius 2 is 0.773 bits per heavy atom. The van der Waals surface area contributed by atoms with Crippen molar-refractivity contribution >= 4 is 57.2 Å². The van der Waals surface area contributed by atoms with E-state index in [1.165, 1.54) is 53.9 Å². The van der Waals surface area contributed by atoms with Gasteiger partial charge in [0.2, 0.25) is 0 Å². The molecule has 0 atom stereocenters. The van der Waals surface area contributed by atoms with Crippen molar-refractivity contribution in [3.05, 3.63) is 58.7 Å². The second kappa shape index (κ2) is 8.50. The Hall–Kier alpha value is -1.93. The van der Waals surface area contributed by atoms with Crippen LogP contribution in [-0.4, -0.2) is 36.6 Å². The summed E-state index contributed by atoms with van der Waals surface area (Å²) in [5.41, 5.74) is 6.34. The maximum Gasteiger partial charge on any atom is 0.505 e. The minimum Gasteiger partial charge on any atom is -0.399 e. The molecule has 4 heterocycles. The molecule has 0 amide bonds. The minimum absolute atomic E-state index is 0.161. The van der Waals surface area contributed by atoms with E-state index in [1.807, 2.05) is 22.7 Å². The molecule has 2 aromatic carbocycles. The predicted molar refractivity (Wildman–Crippen MR) is 186 cm³/mol. The molecule has 2 saturated heterocycles. The van der Waals surface area contributed by atoms with Gasteiger partial charge in [-0.05, 0) is 101 Å². The van der Waals surface area contributed by atoms with E-state index in [4.69, 9.17) is 18.6 Å². The Bertz CT molecular complexity index is 1740. The Kier molecular flexibility index (Phi) is 5.69. The zero-order valence-electron chi connectivity index (χ0n) is 28.1. The summed E-state index contributed by atoms with van der Waals surface area (Å²) in [7, 11) is -0.723. The molecule has 0 N–H and O–H groups in total. The van der Waals surface area contributed by atoms with E-state index in [0.29, 0.717) is 0 Å². The van der Waals surface area contributed by atoms with Gasteiger partial charge in [0.05, 0.1) is 22.4 Å². The number of hydrogen-bond donors (Lipinski definition) is 0. The molecule has 2 aliphatic carbocycles. The van der Waals surface area contributed by atoms with Gasteiger partial charge in [-0.25, -0.2) is 0 Å². The number of fused-ring (bicyclic) bond motifs is 4. The monoisotopic (exact) mass is 624 g/mol. The Morgan fingerprint density at radius 1 is 0.455 bits per heavy atom. The molecule has 0 saturated carbocycles. The van der Waals surface area contributed by atoms with E-state index in [-0.39, 0.29) is 47.5 Å². The van der Waals surface area contributed by atoms with Gasteiger partial charge >= 0.3 is 14.2 Å². The molecule has 0 bridgehead atoms. The maximum absolute atomic E-state index is 6.52. The summed E-state index contributed by atoms with van der Waals surface area (Å²) >= 11 is 3.67. The van der Waals surface area contributed by atoms with Crippen molar-refractivity contribution in [2.75, 3.05) is 0 Å². The van der Waals surface area contributed by atoms with Gasteiger partial charge in [-0.15, -0.1) is 22.7 Å². The van der Waals surface area contributed by atoms with Crippen LogP contribution in [0.5, 0.6) is 0 Å². The van der Waals surface area contributed by atoms with Crippen molar-refractivity contribution in [1.29, 1.82) is 0 Å². The van der Waals surface area contributed by atoms with Crippen molar-refractivity contribution in [1.82, 2.24) is 0 Å². The topological polar surface area (TPSA) is 36.9 Å². The van der Waals surface area contributed by atoms with Crippen molar-refractivity contribution in [3.63, 3.8) is 0 Å². The van der Waals surface area contributed by atoms with Crippen LogP contribution in [0.15, 0.2) is 36.4 Å². The SMILES string of the molecule is CC1(C)c2cc(B3OC(C)(C)C(C)(C)O3)sc2-c2ccc3c4c(ccc1c24)-c1sc(B2OC(C)(C)C(C)(C)O2)cc1C3(C)C. The lowest BCUT2D eigenvalue weighted by molar-refractivity contribution is 0.00578. The molecule has 4 aliphatic rings. The third kappa shape index (κ3) is 3.62. The lowest BCUT2D eigenvalue weighted by atomic mass is 9.65. The number of thiophene rings is 2. The van der Waals surface area contributed by atoms with E-state index in [0.717, 1.165) is 9.55 Å². The molecular formula is C36H42B2O4S2. The summed E-state index contributed by atoms with van der Waals surface area (Å²) in [4.78, 5) is 2.67. The first-order valence-electron chi connectivity index (χ1n) is 15.9.